The van der Waals surface area contributed by atoms with Crippen LogP contribution in [0, 0.1) is 0 Å². The van der Waals surface area contributed by atoms with E-state index in [1.165, 1.54) is 0 Å². The maximum absolute atomic E-state index is 11.7. The largest absolute Gasteiger partial charge is 0.490 e. The molecule has 0 spiro atoms. The fraction of sp³-hybridized carbons (Fsp3) is 0.562. The lowest BCUT2D eigenvalue weighted by Gasteiger charge is -2.15. The Hall–Kier alpha value is -1.75. The van der Waals surface area contributed by atoms with Crippen molar-refractivity contribution in [2.45, 2.75) is 33.1 Å². The van der Waals surface area contributed by atoms with Crippen molar-refractivity contribution in [3.8, 4) is 11.5 Å². The minimum atomic E-state index is -0.117. The van der Waals surface area contributed by atoms with Gasteiger partial charge in [0.2, 0.25) is 0 Å². The van der Waals surface area contributed by atoms with Crippen LogP contribution in [0.3, 0.4) is 0 Å². The number of carbonyl (C=O) groups excluding carboxylic acids is 1. The lowest BCUT2D eigenvalue weighted by atomic mass is 10.1. The van der Waals surface area contributed by atoms with Crippen molar-refractivity contribution < 1.29 is 14.3 Å². The third kappa shape index (κ3) is 6.04. The number of hydrogen-bond donors (Lipinski definition) is 2. The molecule has 1 aromatic rings. The highest BCUT2D eigenvalue weighted by atomic mass is 16.5. The van der Waals surface area contributed by atoms with Gasteiger partial charge in [-0.1, -0.05) is 25.5 Å². The van der Waals surface area contributed by atoms with Gasteiger partial charge in [0, 0.05) is 6.54 Å². The third-order valence-corrected chi connectivity index (χ3v) is 2.97. The molecule has 1 aromatic carbocycles. The van der Waals surface area contributed by atoms with Crippen LogP contribution in [0.4, 0.5) is 0 Å². The molecule has 5 nitrogen and oxygen atoms in total. The molecular formula is C16H26N2O3. The first kappa shape index (κ1) is 17.3. The molecule has 0 saturated carbocycles. The number of hydrogen-bond acceptors (Lipinski definition) is 4. The van der Waals surface area contributed by atoms with Gasteiger partial charge in [-0.2, -0.15) is 0 Å². The zero-order valence-corrected chi connectivity index (χ0v) is 13.0. The van der Waals surface area contributed by atoms with Gasteiger partial charge >= 0.3 is 0 Å². The molecule has 0 aliphatic carbocycles. The second-order valence-electron chi connectivity index (χ2n) is 4.71. The van der Waals surface area contributed by atoms with Gasteiger partial charge in [0.05, 0.1) is 6.61 Å². The van der Waals surface area contributed by atoms with Gasteiger partial charge in [-0.05, 0) is 37.9 Å². The number of carbonyl (C=O) groups is 1. The van der Waals surface area contributed by atoms with Crippen LogP contribution in [0.25, 0.3) is 0 Å². The fourth-order valence-corrected chi connectivity index (χ4v) is 1.94. The molecule has 0 radical (unpaired) electrons. The highest BCUT2D eigenvalue weighted by Gasteiger charge is 2.12. The lowest BCUT2D eigenvalue weighted by Crippen LogP contribution is -2.29. The van der Waals surface area contributed by atoms with Crippen LogP contribution in [-0.2, 0) is 11.2 Å². The summed E-state index contributed by atoms with van der Waals surface area (Å²) in [4.78, 5) is 11.7. The van der Waals surface area contributed by atoms with Gasteiger partial charge in [0.15, 0.2) is 18.1 Å². The summed E-state index contributed by atoms with van der Waals surface area (Å²) in [6, 6.07) is 5.69. The fourth-order valence-electron chi connectivity index (χ4n) is 1.94. The molecular weight excluding hydrogens is 268 g/mol. The Labute approximate surface area is 126 Å². The number of amides is 1. The monoisotopic (exact) mass is 294 g/mol. The average molecular weight is 294 g/mol. The van der Waals surface area contributed by atoms with Crippen LogP contribution >= 0.6 is 0 Å². The van der Waals surface area contributed by atoms with Crippen molar-refractivity contribution in [1.82, 2.24) is 5.32 Å². The van der Waals surface area contributed by atoms with Crippen LogP contribution in [0.2, 0.25) is 0 Å². The molecule has 0 bridgehead atoms. The highest BCUT2D eigenvalue weighted by Crippen LogP contribution is 2.31. The zero-order chi connectivity index (χ0) is 15.5. The van der Waals surface area contributed by atoms with Crippen LogP contribution in [0.5, 0.6) is 11.5 Å². The number of rotatable bonds is 10. The maximum atomic E-state index is 11.7. The average Bonchev–Trinajstić information content (AvgIpc) is 2.47. The van der Waals surface area contributed by atoms with Crippen LogP contribution in [-0.4, -0.2) is 32.2 Å². The van der Waals surface area contributed by atoms with Gasteiger partial charge in [0.1, 0.15) is 0 Å². The van der Waals surface area contributed by atoms with Crippen LogP contribution < -0.4 is 20.5 Å². The quantitative estimate of drug-likeness (QED) is 0.646. The van der Waals surface area contributed by atoms with Gasteiger partial charge < -0.3 is 20.5 Å². The van der Waals surface area contributed by atoms with Gasteiger partial charge in [-0.25, -0.2) is 0 Å². The molecule has 1 rings (SSSR count). The standard InChI is InChI=1S/C16H26N2O3/c1-3-5-11-18-15(19)12-21-16-13(9-10-17)7-6-8-14(16)20-4-2/h6-8H,3-5,9-12,17H2,1-2H3,(H,18,19). The Morgan fingerprint density at radius 2 is 2.10 bits per heavy atom. The SMILES string of the molecule is CCCCNC(=O)COc1c(CCN)cccc1OCC. The molecule has 118 valence electrons. The molecule has 21 heavy (non-hydrogen) atoms. The minimum absolute atomic E-state index is 0.00856. The molecule has 0 aliphatic rings. The smallest absolute Gasteiger partial charge is 0.257 e. The summed E-state index contributed by atoms with van der Waals surface area (Å²) in [6.45, 7) is 5.74. The van der Waals surface area contributed by atoms with Crippen molar-refractivity contribution >= 4 is 5.91 Å². The maximum Gasteiger partial charge on any atom is 0.257 e. The van der Waals surface area contributed by atoms with E-state index in [4.69, 9.17) is 15.2 Å². The highest BCUT2D eigenvalue weighted by molar-refractivity contribution is 5.77. The van der Waals surface area contributed by atoms with E-state index in [2.05, 4.69) is 12.2 Å². The van der Waals surface area contributed by atoms with E-state index in [0.717, 1.165) is 18.4 Å². The van der Waals surface area contributed by atoms with E-state index >= 15 is 0 Å². The van der Waals surface area contributed by atoms with Crippen LogP contribution in [0.1, 0.15) is 32.3 Å². The topological polar surface area (TPSA) is 73.6 Å². The Morgan fingerprint density at radius 1 is 1.29 bits per heavy atom. The molecule has 5 heteroatoms. The normalized spacial score (nSPS) is 10.2. The first-order chi connectivity index (χ1) is 10.2. The first-order valence-electron chi connectivity index (χ1n) is 7.57. The van der Waals surface area contributed by atoms with E-state index in [0.29, 0.717) is 37.6 Å². The number of ether oxygens (including phenoxy) is 2. The van der Waals surface area contributed by atoms with Crippen molar-refractivity contribution in [2.75, 3.05) is 26.3 Å². The molecule has 0 aliphatic heterocycles. The van der Waals surface area contributed by atoms with Crippen molar-refractivity contribution in [1.29, 1.82) is 0 Å². The summed E-state index contributed by atoms with van der Waals surface area (Å²) in [6.07, 6.45) is 2.71. The first-order valence-corrected chi connectivity index (χ1v) is 7.57. The van der Waals surface area contributed by atoms with E-state index in [9.17, 15) is 4.79 Å². The van der Waals surface area contributed by atoms with E-state index in [-0.39, 0.29) is 12.5 Å². The summed E-state index contributed by atoms with van der Waals surface area (Å²) in [5.74, 6) is 1.16. The van der Waals surface area contributed by atoms with Crippen molar-refractivity contribution in [2.24, 2.45) is 5.73 Å². The second kappa shape index (κ2) is 10.0. The molecule has 0 unspecified atom stereocenters. The third-order valence-electron chi connectivity index (χ3n) is 2.97. The van der Waals surface area contributed by atoms with Crippen LogP contribution in [0.15, 0.2) is 18.2 Å². The van der Waals surface area contributed by atoms with Crippen molar-refractivity contribution in [3.05, 3.63) is 23.8 Å². The lowest BCUT2D eigenvalue weighted by molar-refractivity contribution is -0.123. The number of para-hydroxylation sites is 1. The van der Waals surface area contributed by atoms with Gasteiger partial charge in [-0.15, -0.1) is 0 Å². The van der Waals surface area contributed by atoms with Gasteiger partial charge in [0.25, 0.3) is 5.91 Å². The zero-order valence-electron chi connectivity index (χ0n) is 13.0. The number of benzene rings is 1. The predicted molar refractivity (Wildman–Crippen MR) is 83.8 cm³/mol. The summed E-state index contributed by atoms with van der Waals surface area (Å²) in [5, 5.41) is 2.83. The Bertz CT molecular complexity index is 411. The molecule has 3 N–H and O–H groups in total. The molecule has 1 amide bonds. The minimum Gasteiger partial charge on any atom is -0.490 e. The second-order valence-corrected chi connectivity index (χ2v) is 4.71. The van der Waals surface area contributed by atoms with Gasteiger partial charge in [-0.3, -0.25) is 4.79 Å². The Kier molecular flexibility index (Phi) is 8.28. The summed E-state index contributed by atoms with van der Waals surface area (Å²) < 4.78 is 11.2. The summed E-state index contributed by atoms with van der Waals surface area (Å²) >= 11 is 0. The van der Waals surface area contributed by atoms with E-state index in [1.807, 2.05) is 25.1 Å². The van der Waals surface area contributed by atoms with E-state index in [1.54, 1.807) is 0 Å². The molecule has 0 atom stereocenters. The van der Waals surface area contributed by atoms with Crippen molar-refractivity contribution in [3.63, 3.8) is 0 Å². The number of nitrogens with two attached hydrogens (primary N) is 1. The number of nitrogens with one attached hydrogen (secondary N) is 1. The summed E-state index contributed by atoms with van der Waals surface area (Å²) in [5.41, 5.74) is 6.58. The molecule has 0 saturated heterocycles. The van der Waals surface area contributed by atoms with E-state index < -0.39 is 0 Å². The summed E-state index contributed by atoms with van der Waals surface area (Å²) in [7, 11) is 0. The molecule has 0 aromatic heterocycles. The number of unbranched alkanes of at least 4 members (excludes halogenated alkanes) is 1. The predicted octanol–water partition coefficient (Wildman–Crippen LogP) is 1.88. The Balaban J connectivity index is 2.68. The molecule has 0 heterocycles. The Morgan fingerprint density at radius 3 is 2.76 bits per heavy atom. The molecule has 0 fully saturated rings.